The first kappa shape index (κ1) is 30.2. The number of aromatic hydroxyl groups is 3. The van der Waals surface area contributed by atoms with E-state index in [9.17, 15) is 15.3 Å². The van der Waals surface area contributed by atoms with Gasteiger partial charge in [0.1, 0.15) is 28.7 Å². The number of rotatable bonds is 8. The largest absolute Gasteiger partial charge is 0.507 e. The van der Waals surface area contributed by atoms with Gasteiger partial charge in [-0.2, -0.15) is 0 Å². The van der Waals surface area contributed by atoms with Gasteiger partial charge in [0.05, 0.1) is 6.61 Å². The minimum Gasteiger partial charge on any atom is -0.507 e. The maximum atomic E-state index is 10.1. The Morgan fingerprint density at radius 1 is 0.659 bits per heavy atom. The SMILES string of the molecule is Cc1cc(S)cc(COP)c1OPOc1ccccc1-c1ccccc1O.Oc1ccccc1-c1ccccc1O. The van der Waals surface area contributed by atoms with E-state index in [1.807, 2.05) is 67.6 Å². The molecule has 210 valence electrons. The highest BCUT2D eigenvalue weighted by Crippen LogP contribution is 2.39. The van der Waals surface area contributed by atoms with Gasteiger partial charge in [-0.05, 0) is 48.9 Å². The van der Waals surface area contributed by atoms with E-state index >= 15 is 0 Å². The Balaban J connectivity index is 0.000000231. The summed E-state index contributed by atoms with van der Waals surface area (Å²) < 4.78 is 17.0. The maximum Gasteiger partial charge on any atom is 0.275 e. The van der Waals surface area contributed by atoms with E-state index in [4.69, 9.17) is 13.6 Å². The molecular weight excluding hydrogens is 574 g/mol. The zero-order chi connectivity index (χ0) is 29.2. The summed E-state index contributed by atoms with van der Waals surface area (Å²) in [7, 11) is 1.99. The summed E-state index contributed by atoms with van der Waals surface area (Å²) in [6.45, 7) is 2.36. The molecule has 0 spiro atoms. The molecule has 0 aromatic heterocycles. The summed E-state index contributed by atoms with van der Waals surface area (Å²) in [6, 6.07) is 32.4. The Morgan fingerprint density at radius 3 is 1.63 bits per heavy atom. The Kier molecular flexibility index (Phi) is 10.9. The highest BCUT2D eigenvalue weighted by Gasteiger charge is 2.13. The van der Waals surface area contributed by atoms with Gasteiger partial charge in [-0.25, -0.2) is 0 Å². The third-order valence-corrected chi connectivity index (χ3v) is 7.07. The lowest BCUT2D eigenvalue weighted by atomic mass is 10.0. The molecule has 5 aromatic rings. The van der Waals surface area contributed by atoms with Crippen molar-refractivity contribution >= 4 is 31.1 Å². The highest BCUT2D eigenvalue weighted by atomic mass is 32.1. The van der Waals surface area contributed by atoms with Crippen LogP contribution in [0.15, 0.2) is 114 Å². The molecule has 3 N–H and O–H groups in total. The van der Waals surface area contributed by atoms with Crippen molar-refractivity contribution in [2.45, 2.75) is 18.4 Å². The molecule has 0 aliphatic carbocycles. The molecule has 0 radical (unpaired) electrons. The van der Waals surface area contributed by atoms with Crippen LogP contribution in [0.4, 0.5) is 0 Å². The fourth-order valence-corrected chi connectivity index (χ4v) is 5.37. The van der Waals surface area contributed by atoms with E-state index in [-0.39, 0.29) is 26.3 Å². The van der Waals surface area contributed by atoms with Crippen LogP contribution in [-0.2, 0) is 11.1 Å². The molecule has 9 heteroatoms. The Hall–Kier alpha value is -3.73. The van der Waals surface area contributed by atoms with Crippen molar-refractivity contribution in [1.82, 2.24) is 0 Å². The molecule has 41 heavy (non-hydrogen) atoms. The predicted molar refractivity (Wildman–Crippen MR) is 171 cm³/mol. The number of phenols is 3. The topological polar surface area (TPSA) is 88.4 Å². The summed E-state index contributed by atoms with van der Waals surface area (Å²) >= 11 is 4.41. The van der Waals surface area contributed by atoms with Crippen LogP contribution in [0.1, 0.15) is 11.1 Å². The lowest BCUT2D eigenvalue weighted by Gasteiger charge is -2.16. The van der Waals surface area contributed by atoms with Crippen molar-refractivity contribution in [3.8, 4) is 51.0 Å². The van der Waals surface area contributed by atoms with Crippen molar-refractivity contribution in [3.63, 3.8) is 0 Å². The molecule has 5 aromatic carbocycles. The number of aryl methyl sites for hydroxylation is 1. The van der Waals surface area contributed by atoms with E-state index in [0.29, 0.717) is 29.0 Å². The van der Waals surface area contributed by atoms with Crippen LogP contribution in [0.2, 0.25) is 0 Å². The number of hydrogen-bond acceptors (Lipinski definition) is 7. The van der Waals surface area contributed by atoms with Gasteiger partial charge in [-0.1, -0.05) is 72.8 Å². The van der Waals surface area contributed by atoms with Crippen LogP contribution < -0.4 is 9.05 Å². The molecule has 0 fully saturated rings. The number of benzene rings is 5. The molecule has 5 rings (SSSR count). The lowest BCUT2D eigenvalue weighted by Crippen LogP contribution is -1.95. The molecular formula is C32H30O6P2S. The van der Waals surface area contributed by atoms with Crippen molar-refractivity contribution in [2.75, 3.05) is 0 Å². The lowest BCUT2D eigenvalue weighted by molar-refractivity contribution is 0.355. The molecule has 0 amide bonds. The van der Waals surface area contributed by atoms with Crippen LogP contribution >= 0.6 is 31.1 Å². The standard InChI is InChI=1S/C20H20O4P2S.C12H10O2/c1-13-10-15(27)11-14(12-22-25)20(13)24-26-23-19-9-5-3-7-17(19)16-6-2-4-8-18(16)21;13-11-7-3-1-5-9(11)10-6-2-4-8-12(10)14/h2-11,21,26-27H,12,25H2,1H3;1-8,13-14H. The third kappa shape index (κ3) is 7.93. The number of para-hydroxylation sites is 4. The van der Waals surface area contributed by atoms with Crippen LogP contribution in [0.5, 0.6) is 28.7 Å². The molecule has 0 bridgehead atoms. The minimum absolute atomic E-state index is 0.175. The third-order valence-electron chi connectivity index (χ3n) is 6.05. The van der Waals surface area contributed by atoms with Gasteiger partial charge in [0.15, 0.2) is 0 Å². The van der Waals surface area contributed by atoms with Crippen LogP contribution in [0.3, 0.4) is 0 Å². The first-order chi connectivity index (χ1) is 19.9. The quantitative estimate of drug-likeness (QED) is 0.105. The molecule has 0 saturated heterocycles. The molecule has 0 heterocycles. The van der Waals surface area contributed by atoms with Crippen molar-refractivity contribution in [1.29, 1.82) is 0 Å². The first-order valence-electron chi connectivity index (χ1n) is 12.6. The van der Waals surface area contributed by atoms with Gasteiger partial charge >= 0.3 is 0 Å². The summed E-state index contributed by atoms with van der Waals surface area (Å²) in [4.78, 5) is 0.853. The number of hydrogen-bond donors (Lipinski definition) is 4. The van der Waals surface area contributed by atoms with Gasteiger partial charge < -0.3 is 28.9 Å². The van der Waals surface area contributed by atoms with Gasteiger partial charge in [0, 0.05) is 42.2 Å². The van der Waals surface area contributed by atoms with E-state index in [2.05, 4.69) is 22.1 Å². The maximum absolute atomic E-state index is 10.1. The zero-order valence-corrected chi connectivity index (χ0v) is 25.2. The first-order valence-corrected chi connectivity index (χ1v) is 14.3. The highest BCUT2D eigenvalue weighted by molar-refractivity contribution is 7.80. The van der Waals surface area contributed by atoms with Crippen molar-refractivity contribution in [3.05, 3.63) is 120 Å². The summed E-state index contributed by atoms with van der Waals surface area (Å²) in [6.07, 6.45) is 0. The second kappa shape index (κ2) is 14.8. The average molecular weight is 605 g/mol. The fraction of sp³-hybridized carbons (Fsp3) is 0.0625. The Labute approximate surface area is 249 Å². The zero-order valence-electron chi connectivity index (χ0n) is 22.2. The number of phenolic OH excluding ortho intramolecular Hbond substituents is 3. The summed E-state index contributed by atoms with van der Waals surface area (Å²) in [5, 5.41) is 29.3. The van der Waals surface area contributed by atoms with E-state index in [1.165, 1.54) is 0 Å². The summed E-state index contributed by atoms with van der Waals surface area (Å²) in [5.41, 5.74) is 4.68. The molecule has 0 aliphatic rings. The molecule has 2 unspecified atom stereocenters. The fourth-order valence-electron chi connectivity index (χ4n) is 4.16. The minimum atomic E-state index is -0.250. The summed E-state index contributed by atoms with van der Waals surface area (Å²) in [5.74, 6) is 1.93. The molecule has 0 aliphatic heterocycles. The van der Waals surface area contributed by atoms with E-state index in [0.717, 1.165) is 27.3 Å². The van der Waals surface area contributed by atoms with Crippen molar-refractivity contribution in [2.24, 2.45) is 0 Å². The molecule has 2 atom stereocenters. The van der Waals surface area contributed by atoms with Gasteiger partial charge in [-0.15, -0.1) is 12.6 Å². The Morgan fingerprint density at radius 2 is 1.12 bits per heavy atom. The Bertz CT molecular complexity index is 1570. The van der Waals surface area contributed by atoms with Crippen molar-refractivity contribution < 1.29 is 28.9 Å². The monoisotopic (exact) mass is 604 g/mol. The van der Waals surface area contributed by atoms with Gasteiger partial charge in [0.25, 0.3) is 9.03 Å². The molecule has 6 nitrogen and oxygen atoms in total. The van der Waals surface area contributed by atoms with E-state index < -0.39 is 0 Å². The van der Waals surface area contributed by atoms with Crippen LogP contribution in [0.25, 0.3) is 22.3 Å². The van der Waals surface area contributed by atoms with Gasteiger partial charge in [0.2, 0.25) is 0 Å². The smallest absolute Gasteiger partial charge is 0.275 e. The molecule has 0 saturated carbocycles. The van der Waals surface area contributed by atoms with Crippen LogP contribution in [0, 0.1) is 6.92 Å². The van der Waals surface area contributed by atoms with Crippen LogP contribution in [-0.4, -0.2) is 15.3 Å². The predicted octanol–water partition coefficient (Wildman–Crippen LogP) is 8.69. The normalized spacial score (nSPS) is 10.7. The second-order valence-corrected chi connectivity index (χ2v) is 10.3. The average Bonchev–Trinajstić information content (AvgIpc) is 2.96. The number of thiol groups is 1. The van der Waals surface area contributed by atoms with E-state index in [1.54, 1.807) is 48.5 Å². The second-order valence-electron chi connectivity index (χ2n) is 8.90. The van der Waals surface area contributed by atoms with Gasteiger partial charge in [-0.3, -0.25) is 0 Å².